The fourth-order valence-electron chi connectivity index (χ4n) is 2.15. The first kappa shape index (κ1) is 14.9. The first-order chi connectivity index (χ1) is 9.66. The van der Waals surface area contributed by atoms with Crippen LogP contribution in [0, 0.1) is 0 Å². The number of likely N-dealkylation sites (N-methyl/N-ethyl adjacent to an activating group) is 1. The molecule has 0 radical (unpaired) electrons. The summed E-state index contributed by atoms with van der Waals surface area (Å²) in [5.74, 6) is 0. The summed E-state index contributed by atoms with van der Waals surface area (Å²) in [5, 5.41) is 4.22. The first-order valence-electron chi connectivity index (χ1n) is 6.91. The Morgan fingerprint density at radius 3 is 2.55 bits per heavy atom. The number of hydrogen-bond donors (Lipinski definition) is 1. The van der Waals surface area contributed by atoms with Gasteiger partial charge in [-0.3, -0.25) is 4.90 Å². The molecule has 0 fully saturated rings. The number of anilines is 1. The third-order valence-electron chi connectivity index (χ3n) is 3.56. The zero-order valence-corrected chi connectivity index (χ0v) is 12.8. The second-order valence-electron chi connectivity index (χ2n) is 5.00. The summed E-state index contributed by atoms with van der Waals surface area (Å²) in [5.41, 5.74) is 2.41. The summed E-state index contributed by atoms with van der Waals surface area (Å²) in [4.78, 5) is 2.32. The van der Waals surface area contributed by atoms with E-state index in [1.165, 1.54) is 5.56 Å². The van der Waals surface area contributed by atoms with Crippen LogP contribution in [0.4, 0.5) is 5.69 Å². The van der Waals surface area contributed by atoms with Crippen LogP contribution in [-0.4, -0.2) is 25.0 Å². The molecule has 20 heavy (non-hydrogen) atoms. The normalized spacial score (nSPS) is 12.4. The molecule has 2 aromatic carbocycles. The quantitative estimate of drug-likeness (QED) is 0.845. The predicted octanol–water partition coefficient (Wildman–Crippen LogP) is 4.44. The van der Waals surface area contributed by atoms with E-state index < -0.39 is 0 Å². The van der Waals surface area contributed by atoms with Crippen molar-refractivity contribution in [1.82, 2.24) is 4.90 Å². The summed E-state index contributed by atoms with van der Waals surface area (Å²) in [6.45, 7) is 4.10. The average molecular weight is 289 g/mol. The van der Waals surface area contributed by atoms with Gasteiger partial charge in [-0.15, -0.1) is 0 Å². The minimum absolute atomic E-state index is 0.353. The minimum Gasteiger partial charge on any atom is -0.384 e. The molecule has 1 unspecified atom stereocenters. The van der Waals surface area contributed by atoms with Crippen molar-refractivity contribution in [2.45, 2.75) is 13.0 Å². The highest BCUT2D eigenvalue weighted by Crippen LogP contribution is 2.21. The average Bonchev–Trinajstić information content (AvgIpc) is 2.47. The van der Waals surface area contributed by atoms with Crippen molar-refractivity contribution in [3.05, 3.63) is 65.2 Å². The monoisotopic (exact) mass is 288 g/mol. The lowest BCUT2D eigenvalue weighted by Gasteiger charge is -2.25. The fourth-order valence-corrected chi connectivity index (χ4v) is 2.35. The Kier molecular flexibility index (Phi) is 5.45. The highest BCUT2D eigenvalue weighted by atomic mass is 35.5. The SMILES string of the molecule is CC(c1cccc(Cl)c1)N(C)CCNc1ccccc1. The first-order valence-corrected chi connectivity index (χ1v) is 7.29. The van der Waals surface area contributed by atoms with Gasteiger partial charge in [-0.05, 0) is 43.8 Å². The van der Waals surface area contributed by atoms with Crippen LogP contribution in [-0.2, 0) is 0 Å². The van der Waals surface area contributed by atoms with Gasteiger partial charge in [0.15, 0.2) is 0 Å². The topological polar surface area (TPSA) is 15.3 Å². The van der Waals surface area contributed by atoms with E-state index in [0.29, 0.717) is 6.04 Å². The summed E-state index contributed by atoms with van der Waals surface area (Å²) < 4.78 is 0. The molecule has 2 aromatic rings. The van der Waals surface area contributed by atoms with E-state index in [1.54, 1.807) is 0 Å². The van der Waals surface area contributed by atoms with Gasteiger partial charge in [0.05, 0.1) is 0 Å². The van der Waals surface area contributed by atoms with Crippen molar-refractivity contribution in [1.29, 1.82) is 0 Å². The Balaban J connectivity index is 1.84. The maximum absolute atomic E-state index is 6.05. The smallest absolute Gasteiger partial charge is 0.0409 e. The number of nitrogens with one attached hydrogen (secondary N) is 1. The van der Waals surface area contributed by atoms with Gasteiger partial charge >= 0.3 is 0 Å². The van der Waals surface area contributed by atoms with Gasteiger partial charge in [-0.2, -0.15) is 0 Å². The van der Waals surface area contributed by atoms with Crippen molar-refractivity contribution in [3.63, 3.8) is 0 Å². The lowest BCUT2D eigenvalue weighted by atomic mass is 10.1. The summed E-state index contributed by atoms with van der Waals surface area (Å²) in [6.07, 6.45) is 0. The summed E-state index contributed by atoms with van der Waals surface area (Å²) >= 11 is 6.05. The molecule has 1 N–H and O–H groups in total. The van der Waals surface area contributed by atoms with Gasteiger partial charge in [0.25, 0.3) is 0 Å². The lowest BCUT2D eigenvalue weighted by Crippen LogP contribution is -2.28. The summed E-state index contributed by atoms with van der Waals surface area (Å²) in [7, 11) is 2.14. The Hall–Kier alpha value is -1.51. The molecule has 0 spiro atoms. The number of benzene rings is 2. The Labute approximate surface area is 126 Å². The molecule has 0 bridgehead atoms. The zero-order chi connectivity index (χ0) is 14.4. The molecule has 2 nitrogen and oxygen atoms in total. The van der Waals surface area contributed by atoms with Gasteiger partial charge in [-0.25, -0.2) is 0 Å². The predicted molar refractivity (Wildman–Crippen MR) is 87.4 cm³/mol. The van der Waals surface area contributed by atoms with Gasteiger partial charge in [0, 0.05) is 29.8 Å². The van der Waals surface area contributed by atoms with Crippen LogP contribution in [0.1, 0.15) is 18.5 Å². The Bertz CT molecular complexity index is 528. The van der Waals surface area contributed by atoms with Gasteiger partial charge < -0.3 is 5.32 Å². The Morgan fingerprint density at radius 2 is 1.85 bits per heavy atom. The second-order valence-corrected chi connectivity index (χ2v) is 5.44. The maximum Gasteiger partial charge on any atom is 0.0409 e. The van der Waals surface area contributed by atoms with E-state index in [2.05, 4.69) is 42.4 Å². The van der Waals surface area contributed by atoms with Crippen LogP contribution in [0.15, 0.2) is 54.6 Å². The molecular formula is C17H21ClN2. The van der Waals surface area contributed by atoms with E-state index >= 15 is 0 Å². The van der Waals surface area contributed by atoms with E-state index in [-0.39, 0.29) is 0 Å². The molecule has 0 saturated heterocycles. The third kappa shape index (κ3) is 4.26. The fraction of sp³-hybridized carbons (Fsp3) is 0.294. The van der Waals surface area contributed by atoms with Crippen molar-refractivity contribution in [3.8, 4) is 0 Å². The number of rotatable bonds is 6. The second kappa shape index (κ2) is 7.32. The van der Waals surface area contributed by atoms with Crippen molar-refractivity contribution in [2.75, 3.05) is 25.5 Å². The van der Waals surface area contributed by atoms with Gasteiger partial charge in [0.1, 0.15) is 0 Å². The highest BCUT2D eigenvalue weighted by molar-refractivity contribution is 6.30. The van der Waals surface area contributed by atoms with E-state index in [9.17, 15) is 0 Å². The molecule has 0 aromatic heterocycles. The van der Waals surface area contributed by atoms with Crippen LogP contribution in [0.5, 0.6) is 0 Å². The lowest BCUT2D eigenvalue weighted by molar-refractivity contribution is 0.271. The van der Waals surface area contributed by atoms with Crippen LogP contribution < -0.4 is 5.32 Å². The number of halogens is 1. The molecule has 1 atom stereocenters. The molecule has 0 aliphatic rings. The van der Waals surface area contributed by atoms with Gasteiger partial charge in [0.2, 0.25) is 0 Å². The highest BCUT2D eigenvalue weighted by Gasteiger charge is 2.11. The molecule has 0 heterocycles. The zero-order valence-electron chi connectivity index (χ0n) is 12.0. The van der Waals surface area contributed by atoms with Gasteiger partial charge in [-0.1, -0.05) is 41.9 Å². The van der Waals surface area contributed by atoms with Crippen LogP contribution in [0.2, 0.25) is 5.02 Å². The maximum atomic E-state index is 6.05. The molecule has 106 valence electrons. The molecule has 0 aliphatic heterocycles. The number of nitrogens with zero attached hydrogens (tertiary/aromatic N) is 1. The molecule has 0 saturated carbocycles. The molecule has 0 amide bonds. The Morgan fingerprint density at radius 1 is 1.10 bits per heavy atom. The summed E-state index contributed by atoms with van der Waals surface area (Å²) in [6, 6.07) is 18.7. The van der Waals surface area contributed by atoms with Crippen LogP contribution in [0.3, 0.4) is 0 Å². The number of para-hydroxylation sites is 1. The van der Waals surface area contributed by atoms with Crippen molar-refractivity contribution in [2.24, 2.45) is 0 Å². The van der Waals surface area contributed by atoms with Crippen molar-refractivity contribution >= 4 is 17.3 Å². The molecule has 3 heteroatoms. The van der Waals surface area contributed by atoms with E-state index in [4.69, 9.17) is 11.6 Å². The standard InChI is InChI=1S/C17H21ClN2/c1-14(15-7-6-8-16(18)13-15)20(2)12-11-19-17-9-4-3-5-10-17/h3-10,13-14,19H,11-12H2,1-2H3. The molecular weight excluding hydrogens is 268 g/mol. The van der Waals surface area contributed by atoms with Crippen LogP contribution in [0.25, 0.3) is 0 Å². The van der Waals surface area contributed by atoms with E-state index in [1.807, 2.05) is 36.4 Å². The molecule has 2 rings (SSSR count). The third-order valence-corrected chi connectivity index (χ3v) is 3.79. The molecule has 0 aliphatic carbocycles. The van der Waals surface area contributed by atoms with Crippen molar-refractivity contribution < 1.29 is 0 Å². The van der Waals surface area contributed by atoms with Crippen LogP contribution >= 0.6 is 11.6 Å². The number of hydrogen-bond acceptors (Lipinski definition) is 2. The largest absolute Gasteiger partial charge is 0.384 e. The minimum atomic E-state index is 0.353. The van der Waals surface area contributed by atoms with E-state index in [0.717, 1.165) is 23.8 Å².